The molecule has 6 heteroatoms. The number of rotatable bonds is 2. The van der Waals surface area contributed by atoms with Crippen molar-refractivity contribution in [1.82, 2.24) is 9.55 Å². The zero-order valence-electron chi connectivity index (χ0n) is 10.5. The molecule has 1 N–H and O–H groups in total. The fourth-order valence-corrected chi connectivity index (χ4v) is 3.25. The molecule has 1 aromatic heterocycles. The van der Waals surface area contributed by atoms with Crippen LogP contribution in [-0.2, 0) is 0 Å². The van der Waals surface area contributed by atoms with Crippen LogP contribution in [-0.4, -0.2) is 16.7 Å². The molecule has 102 valence electrons. The van der Waals surface area contributed by atoms with Crippen LogP contribution >= 0.6 is 44.1 Å². The number of benzene rings is 2. The first-order valence-electron chi connectivity index (χ1n) is 5.84. The van der Waals surface area contributed by atoms with Crippen LogP contribution in [0.15, 0.2) is 45.3 Å². The van der Waals surface area contributed by atoms with E-state index in [-0.39, 0.29) is 0 Å². The minimum absolute atomic E-state index is 0.651. The third-order valence-corrected chi connectivity index (χ3v) is 4.23. The number of aromatic amines is 1. The molecule has 0 spiro atoms. The van der Waals surface area contributed by atoms with E-state index in [1.54, 1.807) is 7.11 Å². The summed E-state index contributed by atoms with van der Waals surface area (Å²) in [7, 11) is 1.65. The van der Waals surface area contributed by atoms with Gasteiger partial charge in [-0.25, -0.2) is 0 Å². The van der Waals surface area contributed by atoms with Crippen LogP contribution in [0.2, 0.25) is 0 Å². The molecule has 20 heavy (non-hydrogen) atoms. The van der Waals surface area contributed by atoms with E-state index in [0.717, 1.165) is 31.4 Å². The van der Waals surface area contributed by atoms with Gasteiger partial charge < -0.3 is 9.72 Å². The second-order valence-corrected chi connectivity index (χ2v) is 6.49. The number of halogens is 2. The van der Waals surface area contributed by atoms with Crippen LogP contribution in [0.25, 0.3) is 16.7 Å². The lowest BCUT2D eigenvalue weighted by molar-refractivity contribution is 0.414. The van der Waals surface area contributed by atoms with E-state index in [1.807, 2.05) is 41.0 Å². The van der Waals surface area contributed by atoms with Crippen LogP contribution in [0.5, 0.6) is 5.75 Å². The maximum absolute atomic E-state index is 5.44. The smallest absolute Gasteiger partial charge is 0.182 e. The van der Waals surface area contributed by atoms with Crippen molar-refractivity contribution in [3.8, 4) is 11.4 Å². The monoisotopic (exact) mass is 412 g/mol. The number of ether oxygens (including phenoxy) is 1. The number of hydrogen-bond donors (Lipinski definition) is 1. The molecule has 0 bridgehead atoms. The largest absolute Gasteiger partial charge is 0.497 e. The predicted octanol–water partition coefficient (Wildman–Crippen LogP) is 5.22. The molecule has 3 aromatic rings. The first-order valence-corrected chi connectivity index (χ1v) is 7.83. The molecule has 0 aliphatic rings. The lowest BCUT2D eigenvalue weighted by Crippen LogP contribution is -1.95. The molecule has 2 aromatic carbocycles. The molecule has 0 aliphatic heterocycles. The summed E-state index contributed by atoms with van der Waals surface area (Å²) < 4.78 is 9.90. The molecule has 0 atom stereocenters. The molecule has 0 amide bonds. The van der Waals surface area contributed by atoms with Gasteiger partial charge in [-0.2, -0.15) is 0 Å². The Morgan fingerprint density at radius 2 is 1.90 bits per heavy atom. The highest BCUT2D eigenvalue weighted by Gasteiger charge is 2.09. The quantitative estimate of drug-likeness (QED) is 0.583. The third kappa shape index (κ3) is 2.43. The van der Waals surface area contributed by atoms with Crippen molar-refractivity contribution in [2.75, 3.05) is 7.11 Å². The normalized spacial score (nSPS) is 10.9. The Morgan fingerprint density at radius 1 is 1.10 bits per heavy atom. The van der Waals surface area contributed by atoms with E-state index < -0.39 is 0 Å². The minimum Gasteiger partial charge on any atom is -0.497 e. The summed E-state index contributed by atoms with van der Waals surface area (Å²) in [5.41, 5.74) is 2.97. The highest BCUT2D eigenvalue weighted by atomic mass is 79.9. The standard InChI is InChI=1S/C14H10Br2N2OS/c1-19-11-5-9(16)4-10(7-11)18-13-6-8(15)2-3-12(13)17-14(18)20/h2-7H,1H3,(H,17,20). The summed E-state index contributed by atoms with van der Waals surface area (Å²) in [5.74, 6) is 0.778. The van der Waals surface area contributed by atoms with Crippen molar-refractivity contribution in [1.29, 1.82) is 0 Å². The van der Waals surface area contributed by atoms with E-state index in [1.165, 1.54) is 0 Å². The molecule has 1 heterocycles. The number of methoxy groups -OCH3 is 1. The zero-order chi connectivity index (χ0) is 14.3. The molecule has 0 saturated heterocycles. The molecular weight excluding hydrogens is 404 g/mol. The number of hydrogen-bond acceptors (Lipinski definition) is 2. The lowest BCUT2D eigenvalue weighted by atomic mass is 10.2. The lowest BCUT2D eigenvalue weighted by Gasteiger charge is -2.08. The Morgan fingerprint density at radius 3 is 2.65 bits per heavy atom. The van der Waals surface area contributed by atoms with Gasteiger partial charge in [0.15, 0.2) is 4.77 Å². The van der Waals surface area contributed by atoms with Gasteiger partial charge in [0.1, 0.15) is 5.75 Å². The van der Waals surface area contributed by atoms with E-state index in [9.17, 15) is 0 Å². The van der Waals surface area contributed by atoms with Gasteiger partial charge in [0, 0.05) is 15.0 Å². The zero-order valence-corrected chi connectivity index (χ0v) is 14.5. The summed E-state index contributed by atoms with van der Waals surface area (Å²) in [6.45, 7) is 0. The van der Waals surface area contributed by atoms with Crippen molar-refractivity contribution in [3.63, 3.8) is 0 Å². The van der Waals surface area contributed by atoms with Gasteiger partial charge in [-0.15, -0.1) is 0 Å². The van der Waals surface area contributed by atoms with Gasteiger partial charge in [-0.05, 0) is 42.5 Å². The number of fused-ring (bicyclic) bond motifs is 1. The van der Waals surface area contributed by atoms with Gasteiger partial charge in [-0.3, -0.25) is 4.57 Å². The fraction of sp³-hybridized carbons (Fsp3) is 0.0714. The highest BCUT2D eigenvalue weighted by molar-refractivity contribution is 9.10. The molecule has 3 rings (SSSR count). The molecule has 3 nitrogen and oxygen atoms in total. The number of nitrogens with zero attached hydrogens (tertiary/aromatic N) is 1. The average molecular weight is 414 g/mol. The molecule has 0 unspecified atom stereocenters. The van der Waals surface area contributed by atoms with Crippen molar-refractivity contribution in [2.24, 2.45) is 0 Å². The molecule has 0 aliphatic carbocycles. The fourth-order valence-electron chi connectivity index (χ4n) is 2.13. The summed E-state index contributed by atoms with van der Waals surface area (Å²) in [6, 6.07) is 11.9. The number of H-pyrrole nitrogens is 1. The summed E-state index contributed by atoms with van der Waals surface area (Å²) >= 11 is 12.4. The highest BCUT2D eigenvalue weighted by Crippen LogP contribution is 2.28. The number of aromatic nitrogens is 2. The second-order valence-electron chi connectivity index (χ2n) is 4.28. The van der Waals surface area contributed by atoms with Gasteiger partial charge in [-0.1, -0.05) is 31.9 Å². The van der Waals surface area contributed by atoms with Gasteiger partial charge in [0.05, 0.1) is 23.8 Å². The van der Waals surface area contributed by atoms with E-state index in [2.05, 4.69) is 36.8 Å². The molecule has 0 saturated carbocycles. The topological polar surface area (TPSA) is 29.9 Å². The van der Waals surface area contributed by atoms with Crippen LogP contribution < -0.4 is 4.74 Å². The second kappa shape index (κ2) is 5.35. The molecule has 0 radical (unpaired) electrons. The number of nitrogens with one attached hydrogen (secondary N) is 1. The van der Waals surface area contributed by atoms with Crippen molar-refractivity contribution >= 4 is 55.1 Å². The minimum atomic E-state index is 0.651. The van der Waals surface area contributed by atoms with Crippen molar-refractivity contribution < 1.29 is 4.74 Å². The van der Waals surface area contributed by atoms with Gasteiger partial charge in [0.25, 0.3) is 0 Å². The summed E-state index contributed by atoms with van der Waals surface area (Å²) in [4.78, 5) is 3.21. The first kappa shape index (κ1) is 13.9. The number of imidazole rings is 1. The Hall–Kier alpha value is -1.11. The average Bonchev–Trinajstić information content (AvgIpc) is 2.73. The van der Waals surface area contributed by atoms with Crippen molar-refractivity contribution in [3.05, 3.63) is 50.1 Å². The SMILES string of the molecule is COc1cc(Br)cc(-n2c(=S)[nH]c3ccc(Br)cc32)c1. The van der Waals surface area contributed by atoms with Crippen LogP contribution in [0.1, 0.15) is 0 Å². The molecular formula is C14H10Br2N2OS. The predicted molar refractivity (Wildman–Crippen MR) is 90.4 cm³/mol. The van der Waals surface area contributed by atoms with Crippen LogP contribution in [0.3, 0.4) is 0 Å². The van der Waals surface area contributed by atoms with Gasteiger partial charge >= 0.3 is 0 Å². The summed E-state index contributed by atoms with van der Waals surface area (Å²) in [5, 5.41) is 0. The van der Waals surface area contributed by atoms with Gasteiger partial charge in [0.2, 0.25) is 0 Å². The first-order chi connectivity index (χ1) is 9.58. The van der Waals surface area contributed by atoms with Crippen LogP contribution in [0.4, 0.5) is 0 Å². The summed E-state index contributed by atoms with van der Waals surface area (Å²) in [6.07, 6.45) is 0. The van der Waals surface area contributed by atoms with Crippen LogP contribution in [0, 0.1) is 4.77 Å². The van der Waals surface area contributed by atoms with Crippen molar-refractivity contribution in [2.45, 2.75) is 0 Å². The molecule has 0 fully saturated rings. The van der Waals surface area contributed by atoms with E-state index >= 15 is 0 Å². The Kier molecular flexibility index (Phi) is 3.70. The Labute approximate surface area is 137 Å². The maximum atomic E-state index is 5.44. The third-order valence-electron chi connectivity index (χ3n) is 3.00. The van der Waals surface area contributed by atoms with E-state index in [4.69, 9.17) is 17.0 Å². The van der Waals surface area contributed by atoms with E-state index in [0.29, 0.717) is 4.77 Å². The Balaban J connectivity index is 2.34. The maximum Gasteiger partial charge on any atom is 0.182 e. The Bertz CT molecular complexity index is 854.